The minimum Gasteiger partial charge on any atom is -0.406 e. The van der Waals surface area contributed by atoms with Crippen LogP contribution in [0, 0.1) is 11.3 Å². The van der Waals surface area contributed by atoms with E-state index in [4.69, 9.17) is 5.26 Å². The quantitative estimate of drug-likeness (QED) is 0.510. The van der Waals surface area contributed by atoms with Crippen LogP contribution in [0.3, 0.4) is 0 Å². The van der Waals surface area contributed by atoms with Crippen LogP contribution < -0.4 is 15.4 Å². The third-order valence-corrected chi connectivity index (χ3v) is 4.00. The summed E-state index contributed by atoms with van der Waals surface area (Å²) in [5.41, 5.74) is 1.74. The predicted octanol–water partition coefficient (Wildman–Crippen LogP) is 4.45. The number of nitrogens with zero attached hydrogens (tertiary/aromatic N) is 3. The fourth-order valence-corrected chi connectivity index (χ4v) is 2.66. The summed E-state index contributed by atoms with van der Waals surface area (Å²) >= 11 is 0. The maximum Gasteiger partial charge on any atom is 0.573 e. The zero-order valence-electron chi connectivity index (χ0n) is 16.3. The van der Waals surface area contributed by atoms with Crippen molar-refractivity contribution >= 4 is 17.5 Å². The van der Waals surface area contributed by atoms with Crippen molar-refractivity contribution in [3.8, 4) is 23.1 Å². The number of benzene rings is 2. The molecule has 0 radical (unpaired) electrons. The summed E-state index contributed by atoms with van der Waals surface area (Å²) in [7, 11) is 0. The SMILES string of the molecule is C[C@H](CO)Nc1nc(Nc2cccc(C#N)c2)cc(-c2cccc(OC(F)(F)F)c2)n1. The molecule has 10 heteroatoms. The number of anilines is 3. The van der Waals surface area contributed by atoms with Crippen LogP contribution in [0.5, 0.6) is 5.75 Å². The number of aliphatic hydroxyl groups excluding tert-OH is 1. The van der Waals surface area contributed by atoms with Crippen LogP contribution >= 0.6 is 0 Å². The number of hydrogen-bond acceptors (Lipinski definition) is 7. The molecule has 0 bridgehead atoms. The van der Waals surface area contributed by atoms with E-state index in [0.717, 1.165) is 0 Å². The van der Waals surface area contributed by atoms with Gasteiger partial charge in [0.2, 0.25) is 5.95 Å². The fourth-order valence-electron chi connectivity index (χ4n) is 2.66. The molecular weight excluding hydrogens is 411 g/mol. The van der Waals surface area contributed by atoms with Gasteiger partial charge in [-0.1, -0.05) is 18.2 Å². The monoisotopic (exact) mass is 429 g/mol. The number of aliphatic hydroxyl groups is 1. The molecule has 1 atom stereocenters. The molecule has 0 saturated carbocycles. The second-order valence-corrected chi connectivity index (χ2v) is 6.58. The first-order valence-electron chi connectivity index (χ1n) is 9.15. The maximum atomic E-state index is 12.6. The topological polar surface area (TPSA) is 103 Å². The number of alkyl halides is 3. The lowest BCUT2D eigenvalue weighted by Gasteiger charge is -2.15. The van der Waals surface area contributed by atoms with Crippen molar-refractivity contribution in [2.45, 2.75) is 19.3 Å². The molecule has 0 unspecified atom stereocenters. The number of hydrogen-bond donors (Lipinski definition) is 3. The molecule has 0 aliphatic heterocycles. The van der Waals surface area contributed by atoms with Gasteiger partial charge in [-0.2, -0.15) is 10.2 Å². The molecule has 0 amide bonds. The van der Waals surface area contributed by atoms with Crippen LogP contribution in [0.4, 0.5) is 30.6 Å². The van der Waals surface area contributed by atoms with Crippen molar-refractivity contribution in [2.75, 3.05) is 17.2 Å². The highest BCUT2D eigenvalue weighted by Gasteiger charge is 2.31. The first-order valence-corrected chi connectivity index (χ1v) is 9.15. The fraction of sp³-hybridized carbons (Fsp3) is 0.190. The molecule has 0 fully saturated rings. The van der Waals surface area contributed by atoms with E-state index in [0.29, 0.717) is 28.3 Å². The number of nitriles is 1. The van der Waals surface area contributed by atoms with Crippen LogP contribution in [-0.2, 0) is 0 Å². The van der Waals surface area contributed by atoms with Gasteiger partial charge in [-0.15, -0.1) is 13.2 Å². The van der Waals surface area contributed by atoms with E-state index >= 15 is 0 Å². The van der Waals surface area contributed by atoms with Gasteiger partial charge in [0, 0.05) is 23.4 Å². The summed E-state index contributed by atoms with van der Waals surface area (Å²) in [6.45, 7) is 1.55. The number of nitrogens with one attached hydrogen (secondary N) is 2. The van der Waals surface area contributed by atoms with Crippen LogP contribution in [-0.4, -0.2) is 34.1 Å². The molecule has 3 rings (SSSR count). The Balaban J connectivity index is 1.99. The van der Waals surface area contributed by atoms with Crippen LogP contribution in [0.1, 0.15) is 12.5 Å². The Hall–Kier alpha value is -3.84. The summed E-state index contributed by atoms with van der Waals surface area (Å²) in [6, 6.07) is 15.4. The standard InChI is InChI=1S/C21H18F3N5O2/c1-13(12-30)26-20-28-18(15-5-3-7-17(9-15)31-21(22,23)24)10-19(29-20)27-16-6-2-4-14(8-16)11-25/h2-10,13,30H,12H2,1H3,(H2,26,27,28,29)/t13-/m1/s1. The van der Waals surface area contributed by atoms with Gasteiger partial charge in [0.05, 0.1) is 23.9 Å². The lowest BCUT2D eigenvalue weighted by atomic mass is 10.1. The third-order valence-electron chi connectivity index (χ3n) is 4.00. The molecule has 0 spiro atoms. The Morgan fingerprint density at radius 3 is 2.61 bits per heavy atom. The second kappa shape index (κ2) is 9.32. The highest BCUT2D eigenvalue weighted by atomic mass is 19.4. The van der Waals surface area contributed by atoms with E-state index < -0.39 is 6.36 Å². The summed E-state index contributed by atoms with van der Waals surface area (Å²) in [5, 5.41) is 24.4. The first kappa shape index (κ1) is 21.9. The van der Waals surface area contributed by atoms with Gasteiger partial charge in [0.1, 0.15) is 11.6 Å². The molecule has 160 valence electrons. The van der Waals surface area contributed by atoms with E-state index in [-0.39, 0.29) is 24.3 Å². The Labute approximate surface area is 176 Å². The summed E-state index contributed by atoms with van der Waals surface area (Å²) in [4.78, 5) is 8.68. The van der Waals surface area contributed by atoms with Crippen molar-refractivity contribution in [1.29, 1.82) is 5.26 Å². The Morgan fingerprint density at radius 2 is 1.90 bits per heavy atom. The van der Waals surface area contributed by atoms with Crippen LogP contribution in [0.25, 0.3) is 11.3 Å². The van der Waals surface area contributed by atoms with E-state index in [2.05, 4.69) is 25.3 Å². The van der Waals surface area contributed by atoms with Gasteiger partial charge in [0.25, 0.3) is 0 Å². The minimum atomic E-state index is -4.81. The van der Waals surface area contributed by atoms with E-state index in [1.165, 1.54) is 18.2 Å². The molecule has 0 aliphatic carbocycles. The zero-order chi connectivity index (χ0) is 22.4. The van der Waals surface area contributed by atoms with Crippen LogP contribution in [0.15, 0.2) is 54.6 Å². The number of halogens is 3. The molecule has 2 aromatic carbocycles. The molecule has 7 nitrogen and oxygen atoms in total. The maximum absolute atomic E-state index is 12.6. The van der Waals surface area contributed by atoms with Crippen molar-refractivity contribution < 1.29 is 23.0 Å². The van der Waals surface area contributed by atoms with E-state index in [1.807, 2.05) is 6.07 Å². The molecule has 0 aliphatic rings. The summed E-state index contributed by atoms with van der Waals surface area (Å²) in [6.07, 6.45) is -4.81. The zero-order valence-corrected chi connectivity index (χ0v) is 16.3. The molecule has 0 saturated heterocycles. The molecule has 1 aromatic heterocycles. The number of ether oxygens (including phenoxy) is 1. The van der Waals surface area contributed by atoms with Crippen molar-refractivity contribution in [2.24, 2.45) is 0 Å². The van der Waals surface area contributed by atoms with E-state index in [9.17, 15) is 18.3 Å². The molecule has 1 heterocycles. The van der Waals surface area contributed by atoms with Gasteiger partial charge in [-0.25, -0.2) is 4.98 Å². The Kier molecular flexibility index (Phi) is 6.57. The van der Waals surface area contributed by atoms with Gasteiger partial charge < -0.3 is 20.5 Å². The van der Waals surface area contributed by atoms with Crippen molar-refractivity contribution in [3.05, 3.63) is 60.2 Å². The molecular formula is C21H18F3N5O2. The highest BCUT2D eigenvalue weighted by Crippen LogP contribution is 2.29. The van der Waals surface area contributed by atoms with Gasteiger partial charge >= 0.3 is 6.36 Å². The first-order chi connectivity index (χ1) is 14.8. The van der Waals surface area contributed by atoms with Crippen molar-refractivity contribution in [3.63, 3.8) is 0 Å². The molecule has 31 heavy (non-hydrogen) atoms. The highest BCUT2D eigenvalue weighted by molar-refractivity contribution is 5.68. The van der Waals surface area contributed by atoms with Gasteiger partial charge in [0.15, 0.2) is 0 Å². The second-order valence-electron chi connectivity index (χ2n) is 6.58. The number of aromatic nitrogens is 2. The summed E-state index contributed by atoms with van der Waals surface area (Å²) in [5.74, 6) is 0.132. The molecule has 3 aromatic rings. The van der Waals surface area contributed by atoms with Crippen molar-refractivity contribution in [1.82, 2.24) is 9.97 Å². The van der Waals surface area contributed by atoms with Crippen LogP contribution in [0.2, 0.25) is 0 Å². The predicted molar refractivity (Wildman–Crippen MR) is 109 cm³/mol. The van der Waals surface area contributed by atoms with Gasteiger partial charge in [-0.3, -0.25) is 0 Å². The largest absolute Gasteiger partial charge is 0.573 e. The Bertz CT molecular complexity index is 1100. The van der Waals surface area contributed by atoms with Gasteiger partial charge in [-0.05, 0) is 37.3 Å². The average Bonchev–Trinajstić information content (AvgIpc) is 2.72. The molecule has 3 N–H and O–H groups in total. The lowest BCUT2D eigenvalue weighted by Crippen LogP contribution is -2.21. The Morgan fingerprint density at radius 1 is 1.13 bits per heavy atom. The smallest absolute Gasteiger partial charge is 0.406 e. The number of rotatable bonds is 7. The minimum absolute atomic E-state index is 0.167. The third kappa shape index (κ3) is 6.32. The van der Waals surface area contributed by atoms with E-state index in [1.54, 1.807) is 43.3 Å². The lowest BCUT2D eigenvalue weighted by molar-refractivity contribution is -0.274. The normalized spacial score (nSPS) is 12.0. The average molecular weight is 429 g/mol. The summed E-state index contributed by atoms with van der Waals surface area (Å²) < 4.78 is 41.7.